The van der Waals surface area contributed by atoms with Crippen LogP contribution in [0, 0.1) is 14.9 Å². The van der Waals surface area contributed by atoms with E-state index in [1.807, 2.05) is 113 Å². The molecule has 0 spiro atoms. The SMILES string of the molecule is CC.CC.CC(=O)c1ccccc1.I.NCCc1ccccn1.O=C(NCCc1ccccn1)c1ccccc1.[CH3-].[CH3-].[Y].[Y]. The van der Waals surface area contributed by atoms with Crippen molar-refractivity contribution in [2.24, 2.45) is 5.73 Å². The van der Waals surface area contributed by atoms with Gasteiger partial charge < -0.3 is 25.9 Å². The third-order valence-corrected chi connectivity index (χ3v) is 4.74. The number of carbonyl (C=O) groups is 2. The summed E-state index contributed by atoms with van der Waals surface area (Å²) in [5.41, 5.74) is 8.84. The minimum absolute atomic E-state index is 0. The number of Topliss-reactive ketones (excluding diaryl/α,β-unsaturated/α-hetero) is 1. The Morgan fingerprint density at radius 2 is 1.02 bits per heavy atom. The predicted molar refractivity (Wildman–Crippen MR) is 191 cm³/mol. The molecule has 4 rings (SSSR count). The standard InChI is InChI=1S/C14H14N2O.C8H8O.C7H10N2.2C2H6.2CH3.HI.2Y/c17-14(12-6-2-1-3-7-12)16-11-9-13-8-4-5-10-15-13;1-7(9)8-5-3-2-4-6-8;8-5-4-7-3-1-2-6-9-7;2*1-2;;;;;/h1-8,10H,9,11H2,(H,16,17);2-6H,1H3;1-3,6H,4-5,8H2;2*1-2H3;2*1H3;1H;;/q;;;;;2*-1;;;. The van der Waals surface area contributed by atoms with Gasteiger partial charge in [0, 0.05) is 120 Å². The molecule has 2 radical (unpaired) electrons. The van der Waals surface area contributed by atoms with Crippen LogP contribution in [-0.2, 0) is 78.3 Å². The summed E-state index contributed by atoms with van der Waals surface area (Å²) in [4.78, 5) is 30.6. The van der Waals surface area contributed by atoms with Crippen molar-refractivity contribution in [1.82, 2.24) is 15.3 Å². The maximum Gasteiger partial charge on any atom is 0.251 e. The van der Waals surface area contributed by atoms with E-state index in [0.717, 1.165) is 29.8 Å². The van der Waals surface area contributed by atoms with Crippen molar-refractivity contribution < 1.29 is 75.0 Å². The number of benzene rings is 2. The molecule has 0 fully saturated rings. The van der Waals surface area contributed by atoms with Crippen molar-refractivity contribution in [1.29, 1.82) is 0 Å². The fourth-order valence-electron chi connectivity index (χ4n) is 2.91. The van der Waals surface area contributed by atoms with Crippen LogP contribution < -0.4 is 11.1 Å². The number of hydrogen-bond acceptors (Lipinski definition) is 5. The summed E-state index contributed by atoms with van der Waals surface area (Å²) in [5, 5.41) is 2.87. The van der Waals surface area contributed by atoms with Gasteiger partial charge >= 0.3 is 0 Å². The van der Waals surface area contributed by atoms with E-state index in [4.69, 9.17) is 5.73 Å². The largest absolute Gasteiger partial charge is 0.358 e. The summed E-state index contributed by atoms with van der Waals surface area (Å²) in [5.74, 6) is 0.0807. The number of aromatic nitrogens is 2. The zero-order chi connectivity index (χ0) is 29.1. The second-order valence-electron chi connectivity index (χ2n) is 7.47. The molecule has 9 heteroatoms. The van der Waals surface area contributed by atoms with E-state index in [9.17, 15) is 9.59 Å². The van der Waals surface area contributed by atoms with Crippen molar-refractivity contribution in [3.8, 4) is 0 Å². The summed E-state index contributed by atoms with van der Waals surface area (Å²) in [6.45, 7) is 10.8. The molecule has 0 saturated heterocycles. The first-order chi connectivity index (χ1) is 19.1. The van der Waals surface area contributed by atoms with Crippen LogP contribution in [0.2, 0.25) is 0 Å². The van der Waals surface area contributed by atoms with Gasteiger partial charge in [0.1, 0.15) is 0 Å². The number of nitrogens with two attached hydrogens (primary N) is 1. The molecule has 6 nitrogen and oxygen atoms in total. The summed E-state index contributed by atoms with van der Waals surface area (Å²) >= 11 is 0. The molecule has 238 valence electrons. The topological polar surface area (TPSA) is 98.0 Å². The molecule has 2 heterocycles. The van der Waals surface area contributed by atoms with Crippen LogP contribution in [0.3, 0.4) is 0 Å². The first-order valence-electron chi connectivity index (χ1n) is 13.5. The number of carbonyl (C=O) groups excluding carboxylic acids is 2. The molecule has 2 aromatic heterocycles. The van der Waals surface area contributed by atoms with Crippen LogP contribution in [0.4, 0.5) is 0 Å². The van der Waals surface area contributed by atoms with Crippen LogP contribution in [0.15, 0.2) is 109 Å². The molecule has 3 N–H and O–H groups in total. The van der Waals surface area contributed by atoms with Gasteiger partial charge in [0.2, 0.25) is 0 Å². The van der Waals surface area contributed by atoms with Crippen LogP contribution >= 0.6 is 24.0 Å². The van der Waals surface area contributed by atoms with Gasteiger partial charge in [-0.1, -0.05) is 88.4 Å². The third kappa shape index (κ3) is 28.3. The van der Waals surface area contributed by atoms with E-state index in [1.54, 1.807) is 31.5 Å². The number of ketones is 1. The van der Waals surface area contributed by atoms with E-state index in [1.165, 1.54) is 0 Å². The number of nitrogens with one attached hydrogen (secondary N) is 1. The van der Waals surface area contributed by atoms with Gasteiger partial charge in [0.05, 0.1) is 0 Å². The minimum Gasteiger partial charge on any atom is -0.358 e. The average Bonchev–Trinajstić information content (AvgIpc) is 3.02. The zero-order valence-electron chi connectivity index (χ0n) is 27.6. The molecule has 0 bridgehead atoms. The van der Waals surface area contributed by atoms with E-state index in [0.29, 0.717) is 18.7 Å². The number of pyridine rings is 2. The van der Waals surface area contributed by atoms with Crippen LogP contribution in [0.5, 0.6) is 0 Å². The van der Waals surface area contributed by atoms with E-state index in [-0.39, 0.29) is 116 Å². The number of halogens is 1. The van der Waals surface area contributed by atoms with Crippen molar-refractivity contribution in [2.75, 3.05) is 13.1 Å². The second kappa shape index (κ2) is 39.8. The zero-order valence-corrected chi connectivity index (χ0v) is 35.6. The Balaban J connectivity index is -0.000000117. The van der Waals surface area contributed by atoms with Gasteiger partial charge in [0.15, 0.2) is 5.78 Å². The number of amides is 1. The van der Waals surface area contributed by atoms with Crippen LogP contribution in [0.25, 0.3) is 0 Å². The quantitative estimate of drug-likeness (QED) is 0.111. The van der Waals surface area contributed by atoms with Crippen LogP contribution in [0.1, 0.15) is 66.7 Å². The predicted octanol–water partition coefficient (Wildman–Crippen LogP) is 8.09. The molecular formula is C35H51IN4O2Y2-2. The molecule has 1 amide bonds. The Kier molecular flexibility index (Phi) is 49.9. The first-order valence-corrected chi connectivity index (χ1v) is 13.5. The van der Waals surface area contributed by atoms with E-state index < -0.39 is 0 Å². The summed E-state index contributed by atoms with van der Waals surface area (Å²) in [7, 11) is 0. The molecule has 0 aliphatic heterocycles. The number of hydrogen-bond donors (Lipinski definition) is 2. The Labute approximate surface area is 335 Å². The number of rotatable bonds is 7. The first kappa shape index (κ1) is 55.2. The Hall–Kier alpha value is -1.22. The molecule has 0 saturated carbocycles. The monoisotopic (exact) mass is 864 g/mol. The van der Waals surface area contributed by atoms with Gasteiger partial charge in [-0.3, -0.25) is 19.6 Å². The van der Waals surface area contributed by atoms with Crippen molar-refractivity contribution in [3.63, 3.8) is 0 Å². The van der Waals surface area contributed by atoms with Crippen molar-refractivity contribution >= 4 is 35.7 Å². The normalized spacial score (nSPS) is 7.86. The molecule has 0 unspecified atom stereocenters. The fourth-order valence-corrected chi connectivity index (χ4v) is 2.91. The van der Waals surface area contributed by atoms with Crippen molar-refractivity contribution in [3.05, 3.63) is 147 Å². The molecule has 0 aliphatic rings. The molecule has 0 aliphatic carbocycles. The van der Waals surface area contributed by atoms with Gasteiger partial charge in [-0.25, -0.2) is 0 Å². The maximum atomic E-state index is 11.7. The molecule has 4 aromatic rings. The smallest absolute Gasteiger partial charge is 0.251 e. The summed E-state index contributed by atoms with van der Waals surface area (Å²) in [6.07, 6.45) is 5.17. The summed E-state index contributed by atoms with van der Waals surface area (Å²) < 4.78 is 0. The number of nitrogens with zero attached hydrogens (tertiary/aromatic N) is 2. The van der Waals surface area contributed by atoms with Gasteiger partial charge in [-0.15, -0.1) is 24.0 Å². The van der Waals surface area contributed by atoms with Gasteiger partial charge in [-0.05, 0) is 49.9 Å². The van der Waals surface area contributed by atoms with Gasteiger partial charge in [0.25, 0.3) is 5.91 Å². The Morgan fingerprint density at radius 1 is 0.636 bits per heavy atom. The van der Waals surface area contributed by atoms with Gasteiger partial charge in [-0.2, -0.15) is 0 Å². The van der Waals surface area contributed by atoms with Crippen molar-refractivity contribution in [2.45, 2.75) is 47.5 Å². The third-order valence-electron chi connectivity index (χ3n) is 4.74. The maximum absolute atomic E-state index is 11.7. The Bertz CT molecular complexity index is 1130. The van der Waals surface area contributed by atoms with E-state index in [2.05, 4.69) is 15.3 Å². The second-order valence-corrected chi connectivity index (χ2v) is 7.47. The minimum atomic E-state index is -0.0402. The fraction of sp³-hybridized carbons (Fsp3) is 0.257. The molecule has 44 heavy (non-hydrogen) atoms. The average molecular weight is 865 g/mol. The Morgan fingerprint density at radius 3 is 1.36 bits per heavy atom. The van der Waals surface area contributed by atoms with E-state index >= 15 is 0 Å². The molecule has 2 aromatic carbocycles. The van der Waals surface area contributed by atoms with Crippen LogP contribution in [-0.4, -0.2) is 34.7 Å². The summed E-state index contributed by atoms with van der Waals surface area (Å²) in [6, 6.07) is 30.1. The molecular weight excluding hydrogens is 813 g/mol. The molecule has 0 atom stereocenters.